The zero-order valence-corrected chi connectivity index (χ0v) is 20.2. The Balaban J connectivity index is 1.99. The topological polar surface area (TPSA) is 112 Å². The summed E-state index contributed by atoms with van der Waals surface area (Å²) in [5, 5.41) is 8.87. The Morgan fingerprint density at radius 2 is 1.97 bits per heavy atom. The molecule has 1 fully saturated rings. The second-order valence-corrected chi connectivity index (χ2v) is 11.0. The summed E-state index contributed by atoms with van der Waals surface area (Å²) in [6, 6.07) is 3.96. The van der Waals surface area contributed by atoms with Crippen LogP contribution in [-0.2, 0) is 14.6 Å². The van der Waals surface area contributed by atoms with E-state index in [1.807, 2.05) is 6.92 Å². The van der Waals surface area contributed by atoms with Gasteiger partial charge in [-0.3, -0.25) is 4.79 Å². The molecule has 2 aromatic rings. The van der Waals surface area contributed by atoms with Gasteiger partial charge in [-0.2, -0.15) is 0 Å². The molecule has 1 aliphatic heterocycles. The number of fused-ring (bicyclic) bond motifs is 3. The molecule has 0 spiro atoms. The SMILES string of the molecule is CCC1c2cc(C(=O)O)c(=O)n([C@H]3C[C@@H]3C)c2-c2cc(Cl)c(OCCCOC)cc2S1(=O)=O. The standard InChI is InChI=1S/C23H26ClNO7S/c1-4-19-13-9-15(23(27)28)22(26)25(17-8-12(17)2)21(13)14-10-16(24)18(32-7-5-6-31-3)11-20(14)33(19,29)30/h9-12,17,19H,4-8H2,1-3H3,(H,27,28)/t12-,17-,19?/m0/s1. The van der Waals surface area contributed by atoms with Crippen molar-refractivity contribution in [1.82, 2.24) is 4.57 Å². The molecule has 1 aromatic carbocycles. The normalized spacial score (nSPS) is 22.4. The van der Waals surface area contributed by atoms with Crippen LogP contribution in [0.15, 0.2) is 27.9 Å². The van der Waals surface area contributed by atoms with Crippen LogP contribution in [0.2, 0.25) is 5.02 Å². The van der Waals surface area contributed by atoms with Crippen molar-refractivity contribution in [3.63, 3.8) is 0 Å². The zero-order valence-electron chi connectivity index (χ0n) is 18.6. The maximum absolute atomic E-state index is 13.6. The summed E-state index contributed by atoms with van der Waals surface area (Å²) in [5.41, 5.74) is 0.00715. The van der Waals surface area contributed by atoms with Gasteiger partial charge in [-0.15, -0.1) is 0 Å². The molecule has 1 N–H and O–H groups in total. The summed E-state index contributed by atoms with van der Waals surface area (Å²) in [6.45, 7) is 4.49. The monoisotopic (exact) mass is 495 g/mol. The fraction of sp³-hybridized carbons (Fsp3) is 0.478. The van der Waals surface area contributed by atoms with E-state index in [0.717, 1.165) is 0 Å². The third-order valence-corrected chi connectivity index (χ3v) is 8.91. The van der Waals surface area contributed by atoms with Crippen LogP contribution in [0.5, 0.6) is 5.75 Å². The van der Waals surface area contributed by atoms with Crippen molar-refractivity contribution >= 4 is 27.4 Å². The fourth-order valence-electron chi connectivity index (χ4n) is 4.53. The maximum Gasteiger partial charge on any atom is 0.341 e. The van der Waals surface area contributed by atoms with Crippen LogP contribution in [0.3, 0.4) is 0 Å². The maximum atomic E-state index is 13.6. The average Bonchev–Trinajstić information content (AvgIpc) is 3.47. The molecule has 1 aliphatic carbocycles. The van der Waals surface area contributed by atoms with Gasteiger partial charge in [0.1, 0.15) is 11.3 Å². The van der Waals surface area contributed by atoms with Crippen molar-refractivity contribution in [3.05, 3.63) is 44.7 Å². The molecule has 0 saturated heterocycles. The van der Waals surface area contributed by atoms with Crippen molar-refractivity contribution < 1.29 is 27.8 Å². The Labute approximate surface area is 197 Å². The lowest BCUT2D eigenvalue weighted by atomic mass is 9.98. The summed E-state index contributed by atoms with van der Waals surface area (Å²) in [5.74, 6) is -0.957. The van der Waals surface area contributed by atoms with Gasteiger partial charge in [0.2, 0.25) is 0 Å². The molecule has 4 rings (SSSR count). The second kappa shape index (κ2) is 8.77. The van der Waals surface area contributed by atoms with Gasteiger partial charge in [-0.25, -0.2) is 13.2 Å². The van der Waals surface area contributed by atoms with E-state index in [9.17, 15) is 23.1 Å². The van der Waals surface area contributed by atoms with Gasteiger partial charge in [0.05, 0.1) is 27.5 Å². The number of hydrogen-bond acceptors (Lipinski definition) is 6. The first-order chi connectivity index (χ1) is 15.6. The highest BCUT2D eigenvalue weighted by Gasteiger charge is 2.44. The summed E-state index contributed by atoms with van der Waals surface area (Å²) in [4.78, 5) is 25.1. The Hall–Kier alpha value is -2.36. The number of carbonyl (C=O) groups is 1. The molecule has 33 heavy (non-hydrogen) atoms. The third-order valence-electron chi connectivity index (χ3n) is 6.33. The number of nitrogens with zero attached hydrogens (tertiary/aromatic N) is 1. The molecule has 0 radical (unpaired) electrons. The number of hydrogen-bond donors (Lipinski definition) is 1. The number of methoxy groups -OCH3 is 1. The van der Waals surface area contributed by atoms with E-state index in [-0.39, 0.29) is 34.0 Å². The molecule has 0 bridgehead atoms. The van der Waals surface area contributed by atoms with Gasteiger partial charge >= 0.3 is 5.97 Å². The number of pyridine rings is 1. The summed E-state index contributed by atoms with van der Waals surface area (Å²) in [7, 11) is -2.30. The first kappa shape index (κ1) is 23.8. The van der Waals surface area contributed by atoms with Crippen LogP contribution in [0.1, 0.15) is 60.3 Å². The lowest BCUT2D eigenvalue weighted by Crippen LogP contribution is -2.32. The van der Waals surface area contributed by atoms with E-state index in [1.165, 1.54) is 22.8 Å². The van der Waals surface area contributed by atoms with Crippen LogP contribution >= 0.6 is 11.6 Å². The Morgan fingerprint density at radius 1 is 1.27 bits per heavy atom. The van der Waals surface area contributed by atoms with Gasteiger partial charge in [0.15, 0.2) is 9.84 Å². The number of carboxylic acid groups (broad SMARTS) is 1. The number of aromatic nitrogens is 1. The van der Waals surface area contributed by atoms with E-state index in [4.69, 9.17) is 21.1 Å². The fourth-order valence-corrected chi connectivity index (χ4v) is 6.74. The summed E-state index contributed by atoms with van der Waals surface area (Å²) < 4.78 is 39.4. The van der Waals surface area contributed by atoms with Gasteiger partial charge in [0, 0.05) is 37.8 Å². The predicted molar refractivity (Wildman–Crippen MR) is 123 cm³/mol. The number of carboxylic acids is 1. The highest BCUT2D eigenvalue weighted by atomic mass is 35.5. The molecule has 2 heterocycles. The molecule has 3 atom stereocenters. The number of sulfone groups is 1. The van der Waals surface area contributed by atoms with Crippen molar-refractivity contribution in [2.24, 2.45) is 5.92 Å². The van der Waals surface area contributed by atoms with Crippen LogP contribution in [0, 0.1) is 5.92 Å². The molecule has 8 nitrogen and oxygen atoms in total. The molecule has 178 valence electrons. The number of rotatable bonds is 8. The lowest BCUT2D eigenvalue weighted by molar-refractivity contribution is 0.0694. The minimum Gasteiger partial charge on any atom is -0.492 e. The summed E-state index contributed by atoms with van der Waals surface area (Å²) >= 11 is 6.47. The van der Waals surface area contributed by atoms with E-state index in [1.54, 1.807) is 14.0 Å². The van der Waals surface area contributed by atoms with Crippen molar-refractivity contribution in [2.45, 2.75) is 49.3 Å². The minimum absolute atomic E-state index is 0.0394. The Bertz CT molecular complexity index is 1280. The molecule has 1 aromatic heterocycles. The quantitative estimate of drug-likeness (QED) is 0.548. The molecule has 1 unspecified atom stereocenters. The highest BCUT2D eigenvalue weighted by Crippen LogP contribution is 2.52. The molecular formula is C23H26ClNO7S. The average molecular weight is 496 g/mol. The van der Waals surface area contributed by atoms with Crippen molar-refractivity contribution in [2.75, 3.05) is 20.3 Å². The Morgan fingerprint density at radius 3 is 2.55 bits per heavy atom. The van der Waals surface area contributed by atoms with Crippen LogP contribution in [-0.4, -0.2) is 44.4 Å². The largest absolute Gasteiger partial charge is 0.492 e. The third kappa shape index (κ3) is 3.96. The number of ether oxygens (including phenoxy) is 2. The smallest absolute Gasteiger partial charge is 0.341 e. The molecule has 1 saturated carbocycles. The zero-order chi connectivity index (χ0) is 24.1. The highest BCUT2D eigenvalue weighted by molar-refractivity contribution is 7.92. The number of halogens is 1. The van der Waals surface area contributed by atoms with Gasteiger partial charge in [-0.05, 0) is 36.5 Å². The Kier molecular flexibility index (Phi) is 6.32. The van der Waals surface area contributed by atoms with Gasteiger partial charge in [-0.1, -0.05) is 25.4 Å². The number of aromatic carboxylic acids is 1. The summed E-state index contributed by atoms with van der Waals surface area (Å²) in [6.07, 6.45) is 1.54. The van der Waals surface area contributed by atoms with Crippen molar-refractivity contribution in [1.29, 1.82) is 0 Å². The molecular weight excluding hydrogens is 470 g/mol. The second-order valence-electron chi connectivity index (χ2n) is 8.54. The van der Waals surface area contributed by atoms with Gasteiger partial charge in [0.25, 0.3) is 5.56 Å². The molecule has 2 aliphatic rings. The first-order valence-corrected chi connectivity index (χ1v) is 12.8. The van der Waals surface area contributed by atoms with E-state index < -0.39 is 32.2 Å². The molecule has 0 amide bonds. The van der Waals surface area contributed by atoms with E-state index in [0.29, 0.717) is 42.9 Å². The minimum atomic E-state index is -3.88. The van der Waals surface area contributed by atoms with E-state index in [2.05, 4.69) is 0 Å². The molecule has 10 heteroatoms. The van der Waals surface area contributed by atoms with Crippen LogP contribution in [0.4, 0.5) is 0 Å². The predicted octanol–water partition coefficient (Wildman–Crippen LogP) is 4.10. The first-order valence-electron chi connectivity index (χ1n) is 10.9. The van der Waals surface area contributed by atoms with Crippen LogP contribution < -0.4 is 10.3 Å². The van der Waals surface area contributed by atoms with Crippen LogP contribution in [0.25, 0.3) is 11.3 Å². The number of benzene rings is 1. The lowest BCUT2D eigenvalue weighted by Gasteiger charge is -2.30. The van der Waals surface area contributed by atoms with Gasteiger partial charge < -0.3 is 19.1 Å². The van der Waals surface area contributed by atoms with Crippen molar-refractivity contribution in [3.8, 4) is 17.0 Å². The van der Waals surface area contributed by atoms with E-state index >= 15 is 0 Å².